The van der Waals surface area contributed by atoms with Crippen LogP contribution in [-0.2, 0) is 16.1 Å². The molecule has 0 fully saturated rings. The average Bonchev–Trinajstić information content (AvgIpc) is 2.69. The number of alkyl halides is 3. The van der Waals surface area contributed by atoms with Crippen LogP contribution in [0.1, 0.15) is 50.1 Å². The standard InChI is InChI=1S/C16H24F3N3O3/c1-9(2)21(7-6-13(23)24)15(25)10(3)14-11(4)20-22(12(14)5)8-16(17,18)19/h9-10H,6-8H2,1-5H3,(H,23,24). The Morgan fingerprint density at radius 2 is 1.80 bits per heavy atom. The normalized spacial score (nSPS) is 13.2. The molecule has 0 spiro atoms. The van der Waals surface area contributed by atoms with Gasteiger partial charge in [0.05, 0.1) is 18.0 Å². The van der Waals surface area contributed by atoms with E-state index in [0.717, 1.165) is 4.68 Å². The lowest BCUT2D eigenvalue weighted by Gasteiger charge is -2.29. The van der Waals surface area contributed by atoms with E-state index < -0.39 is 24.6 Å². The maximum Gasteiger partial charge on any atom is 0.408 e. The van der Waals surface area contributed by atoms with Crippen LogP contribution in [-0.4, -0.2) is 50.4 Å². The van der Waals surface area contributed by atoms with Crippen LogP contribution in [0.15, 0.2) is 0 Å². The molecule has 6 nitrogen and oxygen atoms in total. The number of halogens is 3. The van der Waals surface area contributed by atoms with Gasteiger partial charge in [0.25, 0.3) is 0 Å². The monoisotopic (exact) mass is 363 g/mol. The fraction of sp³-hybridized carbons (Fsp3) is 0.688. The molecule has 1 rings (SSSR count). The van der Waals surface area contributed by atoms with Crippen LogP contribution in [0.4, 0.5) is 13.2 Å². The average molecular weight is 363 g/mol. The Morgan fingerprint density at radius 3 is 2.24 bits per heavy atom. The predicted octanol–water partition coefficient (Wildman–Crippen LogP) is 2.88. The van der Waals surface area contributed by atoms with E-state index >= 15 is 0 Å². The first-order valence-electron chi connectivity index (χ1n) is 7.98. The Labute approximate surface area is 144 Å². The summed E-state index contributed by atoms with van der Waals surface area (Å²) in [6.45, 7) is 7.03. The SMILES string of the molecule is Cc1nn(CC(F)(F)F)c(C)c1C(C)C(=O)N(CCC(=O)O)C(C)C. The van der Waals surface area contributed by atoms with E-state index in [1.807, 2.05) is 0 Å². The molecule has 1 amide bonds. The molecule has 0 saturated heterocycles. The quantitative estimate of drug-likeness (QED) is 0.808. The number of amides is 1. The van der Waals surface area contributed by atoms with Crippen LogP contribution in [0.2, 0.25) is 0 Å². The van der Waals surface area contributed by atoms with Crippen LogP contribution in [0.5, 0.6) is 0 Å². The number of carboxylic acids is 1. The summed E-state index contributed by atoms with van der Waals surface area (Å²) in [5.74, 6) is -2.05. The van der Waals surface area contributed by atoms with Gasteiger partial charge in [0.15, 0.2) is 0 Å². The number of rotatable bonds is 7. The number of aromatic nitrogens is 2. The highest BCUT2D eigenvalue weighted by Gasteiger charge is 2.33. The lowest BCUT2D eigenvalue weighted by Crippen LogP contribution is -2.41. The van der Waals surface area contributed by atoms with Gasteiger partial charge in [0.2, 0.25) is 5.91 Å². The van der Waals surface area contributed by atoms with Gasteiger partial charge in [-0.05, 0) is 34.6 Å². The van der Waals surface area contributed by atoms with Gasteiger partial charge in [-0.25, -0.2) is 0 Å². The number of hydrogen-bond acceptors (Lipinski definition) is 3. The van der Waals surface area contributed by atoms with Gasteiger partial charge in [0.1, 0.15) is 6.54 Å². The van der Waals surface area contributed by atoms with Crippen LogP contribution in [0, 0.1) is 13.8 Å². The number of carboxylic acid groups (broad SMARTS) is 1. The summed E-state index contributed by atoms with van der Waals surface area (Å²) in [6, 6.07) is -0.222. The molecule has 25 heavy (non-hydrogen) atoms. The summed E-state index contributed by atoms with van der Waals surface area (Å²) in [7, 11) is 0. The molecule has 1 aromatic rings. The zero-order valence-corrected chi connectivity index (χ0v) is 15.0. The molecule has 1 unspecified atom stereocenters. The fourth-order valence-corrected chi connectivity index (χ4v) is 2.87. The summed E-state index contributed by atoms with van der Waals surface area (Å²) >= 11 is 0. The predicted molar refractivity (Wildman–Crippen MR) is 85.3 cm³/mol. The highest BCUT2D eigenvalue weighted by molar-refractivity contribution is 5.84. The van der Waals surface area contributed by atoms with E-state index in [9.17, 15) is 22.8 Å². The van der Waals surface area contributed by atoms with Crippen molar-refractivity contribution in [2.45, 2.75) is 65.7 Å². The number of hydrogen-bond donors (Lipinski definition) is 1. The summed E-state index contributed by atoms with van der Waals surface area (Å²) < 4.78 is 38.8. The second-order valence-electron chi connectivity index (χ2n) is 6.35. The van der Waals surface area contributed by atoms with E-state index in [0.29, 0.717) is 11.3 Å². The molecule has 0 aliphatic carbocycles. The van der Waals surface area contributed by atoms with Crippen molar-refractivity contribution < 1.29 is 27.9 Å². The first-order chi connectivity index (χ1) is 11.3. The highest BCUT2D eigenvalue weighted by atomic mass is 19.4. The van der Waals surface area contributed by atoms with Crippen molar-refractivity contribution in [3.05, 3.63) is 17.0 Å². The van der Waals surface area contributed by atoms with Gasteiger partial charge in [-0.3, -0.25) is 14.3 Å². The van der Waals surface area contributed by atoms with Crippen LogP contribution >= 0.6 is 0 Å². The molecular weight excluding hydrogens is 339 g/mol. The molecular formula is C16H24F3N3O3. The molecule has 0 aliphatic rings. The number of aryl methyl sites for hydroxylation is 1. The second kappa shape index (κ2) is 7.88. The molecule has 9 heteroatoms. The zero-order chi connectivity index (χ0) is 19.5. The zero-order valence-electron chi connectivity index (χ0n) is 15.0. The summed E-state index contributed by atoms with van der Waals surface area (Å²) in [6.07, 6.45) is -4.60. The molecule has 142 valence electrons. The summed E-state index contributed by atoms with van der Waals surface area (Å²) in [5, 5.41) is 12.7. The minimum Gasteiger partial charge on any atom is -0.481 e. The molecule has 1 aromatic heterocycles. The minimum absolute atomic E-state index is 0.0466. The van der Waals surface area contributed by atoms with Crippen molar-refractivity contribution in [1.29, 1.82) is 0 Å². The van der Waals surface area contributed by atoms with Crippen molar-refractivity contribution in [3.63, 3.8) is 0 Å². The third-order valence-electron chi connectivity index (χ3n) is 4.04. The van der Waals surface area contributed by atoms with E-state index in [2.05, 4.69) is 5.10 Å². The maximum atomic E-state index is 12.8. The van der Waals surface area contributed by atoms with Gasteiger partial charge in [-0.15, -0.1) is 0 Å². The van der Waals surface area contributed by atoms with Crippen molar-refractivity contribution in [2.24, 2.45) is 0 Å². The summed E-state index contributed by atoms with van der Waals surface area (Å²) in [5.41, 5.74) is 1.11. The molecule has 1 N–H and O–H groups in total. The maximum absolute atomic E-state index is 12.8. The number of aliphatic carboxylic acids is 1. The first-order valence-corrected chi connectivity index (χ1v) is 7.98. The van der Waals surface area contributed by atoms with E-state index in [1.165, 1.54) is 11.8 Å². The molecule has 1 atom stereocenters. The number of carbonyl (C=O) groups excluding carboxylic acids is 1. The van der Waals surface area contributed by atoms with Gasteiger partial charge < -0.3 is 10.0 Å². The molecule has 0 radical (unpaired) electrons. The van der Waals surface area contributed by atoms with Crippen LogP contribution in [0.3, 0.4) is 0 Å². The van der Waals surface area contributed by atoms with Gasteiger partial charge >= 0.3 is 12.1 Å². The van der Waals surface area contributed by atoms with Crippen LogP contribution in [0.25, 0.3) is 0 Å². The highest BCUT2D eigenvalue weighted by Crippen LogP contribution is 2.28. The van der Waals surface area contributed by atoms with Gasteiger partial charge in [-0.1, -0.05) is 0 Å². The lowest BCUT2D eigenvalue weighted by molar-refractivity contribution is -0.143. The topological polar surface area (TPSA) is 75.4 Å². The Kier molecular flexibility index (Phi) is 6.61. The van der Waals surface area contributed by atoms with Gasteiger partial charge in [0, 0.05) is 23.8 Å². The second-order valence-corrected chi connectivity index (χ2v) is 6.35. The Morgan fingerprint density at radius 1 is 1.24 bits per heavy atom. The lowest BCUT2D eigenvalue weighted by atomic mass is 9.97. The Hall–Kier alpha value is -2.06. The van der Waals surface area contributed by atoms with Crippen LogP contribution < -0.4 is 0 Å². The summed E-state index contributed by atoms with van der Waals surface area (Å²) in [4.78, 5) is 25.0. The Bertz CT molecular complexity index is 639. The van der Waals surface area contributed by atoms with Crippen molar-refractivity contribution in [2.75, 3.05) is 6.54 Å². The molecule has 0 aliphatic heterocycles. The van der Waals surface area contributed by atoms with Crippen molar-refractivity contribution in [1.82, 2.24) is 14.7 Å². The van der Waals surface area contributed by atoms with Crippen molar-refractivity contribution >= 4 is 11.9 Å². The first kappa shape index (κ1) is 21.0. The van der Waals surface area contributed by atoms with Crippen molar-refractivity contribution in [3.8, 4) is 0 Å². The molecule has 1 heterocycles. The van der Waals surface area contributed by atoms with Gasteiger partial charge in [-0.2, -0.15) is 18.3 Å². The smallest absolute Gasteiger partial charge is 0.408 e. The minimum atomic E-state index is -4.40. The number of nitrogens with zero attached hydrogens (tertiary/aromatic N) is 3. The largest absolute Gasteiger partial charge is 0.481 e. The van der Waals surface area contributed by atoms with E-state index in [1.54, 1.807) is 27.7 Å². The molecule has 0 saturated carbocycles. The third-order valence-corrected chi connectivity index (χ3v) is 4.04. The Balaban J connectivity index is 3.10. The van der Waals surface area contributed by atoms with E-state index in [4.69, 9.17) is 5.11 Å². The third kappa shape index (κ3) is 5.47. The number of carbonyl (C=O) groups is 2. The fourth-order valence-electron chi connectivity index (χ4n) is 2.87. The molecule has 0 aromatic carbocycles. The van der Waals surface area contributed by atoms with E-state index in [-0.39, 0.29) is 30.6 Å². The molecule has 0 bridgehead atoms.